The number of likely N-dealkylation sites (tertiary alicyclic amines) is 1. The van der Waals surface area contributed by atoms with Crippen molar-refractivity contribution in [2.24, 2.45) is 4.99 Å². The fourth-order valence-electron chi connectivity index (χ4n) is 4.01. The Bertz CT molecular complexity index is 555. The lowest BCUT2D eigenvalue weighted by Gasteiger charge is -2.38. The molecule has 0 radical (unpaired) electrons. The second-order valence-corrected chi connectivity index (χ2v) is 7.69. The lowest BCUT2D eigenvalue weighted by Crippen LogP contribution is -2.52. The number of benzene rings is 1. The van der Waals surface area contributed by atoms with E-state index in [4.69, 9.17) is 0 Å². The number of aliphatic imine (C=N–C) groups is 1. The molecule has 1 saturated heterocycles. The van der Waals surface area contributed by atoms with E-state index in [2.05, 4.69) is 83.5 Å². The molecule has 5 nitrogen and oxygen atoms in total. The van der Waals surface area contributed by atoms with Crippen LogP contribution < -0.4 is 10.6 Å². The van der Waals surface area contributed by atoms with Crippen molar-refractivity contribution >= 4 is 5.96 Å². The molecule has 3 atom stereocenters. The molecule has 1 heterocycles. The maximum Gasteiger partial charge on any atom is 0.191 e. The normalized spacial score (nSPS) is 22.7. The first-order chi connectivity index (χ1) is 13.1. The molecule has 1 aliphatic rings. The predicted octanol–water partition coefficient (Wildman–Crippen LogP) is 2.93. The van der Waals surface area contributed by atoms with Crippen LogP contribution in [0.25, 0.3) is 0 Å². The van der Waals surface area contributed by atoms with Crippen LogP contribution in [0.5, 0.6) is 0 Å². The van der Waals surface area contributed by atoms with Crippen LogP contribution in [0.1, 0.15) is 46.1 Å². The van der Waals surface area contributed by atoms with Crippen LogP contribution >= 0.6 is 0 Å². The van der Waals surface area contributed by atoms with Crippen LogP contribution in [0.2, 0.25) is 0 Å². The summed E-state index contributed by atoms with van der Waals surface area (Å²) in [7, 11) is 1.87. The summed E-state index contributed by atoms with van der Waals surface area (Å²) in [6, 6.07) is 12.4. The monoisotopic (exact) mass is 373 g/mol. The summed E-state index contributed by atoms with van der Waals surface area (Å²) in [5, 5.41) is 7.16. The molecule has 152 valence electrons. The quantitative estimate of drug-likeness (QED) is 0.543. The van der Waals surface area contributed by atoms with Crippen molar-refractivity contribution in [1.29, 1.82) is 0 Å². The zero-order valence-electron chi connectivity index (χ0n) is 17.9. The van der Waals surface area contributed by atoms with Gasteiger partial charge in [-0.2, -0.15) is 0 Å². The molecule has 0 saturated carbocycles. The minimum absolute atomic E-state index is 0.488. The summed E-state index contributed by atoms with van der Waals surface area (Å²) in [4.78, 5) is 9.49. The van der Waals surface area contributed by atoms with E-state index in [1.54, 1.807) is 0 Å². The molecule has 0 spiro atoms. The third kappa shape index (κ3) is 6.82. The van der Waals surface area contributed by atoms with Gasteiger partial charge in [-0.25, -0.2) is 0 Å². The summed E-state index contributed by atoms with van der Waals surface area (Å²) in [6.07, 6.45) is 2.31. The second-order valence-electron chi connectivity index (χ2n) is 7.69. The average molecular weight is 374 g/mol. The zero-order chi connectivity index (χ0) is 19.6. The van der Waals surface area contributed by atoms with Crippen LogP contribution in [0.4, 0.5) is 0 Å². The van der Waals surface area contributed by atoms with E-state index in [0.29, 0.717) is 18.1 Å². The molecule has 2 N–H and O–H groups in total. The number of piperidine rings is 1. The molecule has 27 heavy (non-hydrogen) atoms. The van der Waals surface area contributed by atoms with Crippen LogP contribution in [0.3, 0.4) is 0 Å². The number of hydrogen-bond donors (Lipinski definition) is 2. The summed E-state index contributed by atoms with van der Waals surface area (Å²) >= 11 is 0. The Morgan fingerprint density at radius 3 is 2.56 bits per heavy atom. The Labute approximate surface area is 166 Å². The van der Waals surface area contributed by atoms with Gasteiger partial charge in [-0.3, -0.25) is 14.8 Å². The van der Waals surface area contributed by atoms with Gasteiger partial charge in [-0.05, 0) is 45.3 Å². The number of likely N-dealkylation sites (N-methyl/N-ethyl adjacent to an activating group) is 1. The Kier molecular flexibility index (Phi) is 9.08. The topological polar surface area (TPSA) is 42.9 Å². The first kappa shape index (κ1) is 21.7. The molecule has 0 amide bonds. The molecule has 1 fully saturated rings. The van der Waals surface area contributed by atoms with Gasteiger partial charge in [-0.1, -0.05) is 44.2 Å². The second kappa shape index (κ2) is 11.3. The highest BCUT2D eigenvalue weighted by Crippen LogP contribution is 2.19. The first-order valence-corrected chi connectivity index (χ1v) is 10.6. The maximum absolute atomic E-state index is 4.44. The van der Waals surface area contributed by atoms with Crippen molar-refractivity contribution in [3.8, 4) is 0 Å². The van der Waals surface area contributed by atoms with E-state index in [1.807, 2.05) is 7.05 Å². The lowest BCUT2D eigenvalue weighted by atomic mass is 9.97. The highest BCUT2D eigenvalue weighted by molar-refractivity contribution is 5.80. The van der Waals surface area contributed by atoms with Crippen molar-refractivity contribution in [1.82, 2.24) is 20.4 Å². The molecule has 1 aliphatic heterocycles. The van der Waals surface area contributed by atoms with Crippen LogP contribution in [0, 0.1) is 0 Å². The third-order valence-corrected chi connectivity index (χ3v) is 5.81. The average Bonchev–Trinajstić information content (AvgIpc) is 2.69. The van der Waals surface area contributed by atoms with Gasteiger partial charge in [0.15, 0.2) is 5.96 Å². The van der Waals surface area contributed by atoms with Gasteiger partial charge in [0.1, 0.15) is 0 Å². The van der Waals surface area contributed by atoms with Crippen molar-refractivity contribution in [3.63, 3.8) is 0 Å². The molecule has 0 aliphatic carbocycles. The molecule has 1 aromatic carbocycles. The van der Waals surface area contributed by atoms with E-state index < -0.39 is 0 Å². The van der Waals surface area contributed by atoms with Gasteiger partial charge in [0.25, 0.3) is 0 Å². The van der Waals surface area contributed by atoms with Crippen molar-refractivity contribution in [3.05, 3.63) is 35.9 Å². The van der Waals surface area contributed by atoms with Gasteiger partial charge in [0.05, 0.1) is 0 Å². The van der Waals surface area contributed by atoms with Gasteiger partial charge in [-0.15, -0.1) is 0 Å². The number of rotatable bonds is 8. The van der Waals surface area contributed by atoms with Crippen LogP contribution in [-0.4, -0.2) is 67.1 Å². The fraction of sp³-hybridized carbons (Fsp3) is 0.682. The molecular weight excluding hydrogens is 334 g/mol. The third-order valence-electron chi connectivity index (χ3n) is 5.81. The van der Waals surface area contributed by atoms with Crippen molar-refractivity contribution in [2.45, 2.75) is 65.2 Å². The molecule has 0 bridgehead atoms. The minimum atomic E-state index is 0.488. The molecular formula is C22H39N5. The van der Waals surface area contributed by atoms with Crippen molar-refractivity contribution in [2.75, 3.05) is 33.2 Å². The van der Waals surface area contributed by atoms with Gasteiger partial charge < -0.3 is 10.6 Å². The molecule has 1 aromatic rings. The molecule has 5 heteroatoms. The number of nitrogens with one attached hydrogen (secondary N) is 2. The standard InChI is InChI=1S/C22H39N5/c1-6-26(7-2)19(4)16-24-22(23-5)25-21-13-14-27(18(3)15-21)17-20-11-9-8-10-12-20/h8-12,18-19,21H,6-7,13-17H2,1-5H3,(H2,23,24,25). The Morgan fingerprint density at radius 1 is 1.26 bits per heavy atom. The Balaban J connectivity index is 1.78. The highest BCUT2D eigenvalue weighted by atomic mass is 15.2. The van der Waals surface area contributed by atoms with E-state index in [1.165, 1.54) is 5.56 Å². The zero-order valence-corrected chi connectivity index (χ0v) is 17.9. The predicted molar refractivity (Wildman–Crippen MR) is 116 cm³/mol. The number of guanidine groups is 1. The van der Waals surface area contributed by atoms with Gasteiger partial charge in [0.2, 0.25) is 0 Å². The van der Waals surface area contributed by atoms with Crippen LogP contribution in [0.15, 0.2) is 35.3 Å². The highest BCUT2D eigenvalue weighted by Gasteiger charge is 2.26. The molecule has 0 aromatic heterocycles. The fourth-order valence-corrected chi connectivity index (χ4v) is 4.01. The van der Waals surface area contributed by atoms with E-state index in [0.717, 1.165) is 51.5 Å². The lowest BCUT2D eigenvalue weighted by molar-refractivity contribution is 0.134. The van der Waals surface area contributed by atoms with E-state index >= 15 is 0 Å². The summed E-state index contributed by atoms with van der Waals surface area (Å²) in [6.45, 7) is 14.3. The minimum Gasteiger partial charge on any atom is -0.355 e. The summed E-state index contributed by atoms with van der Waals surface area (Å²) in [5.74, 6) is 0.933. The summed E-state index contributed by atoms with van der Waals surface area (Å²) < 4.78 is 0. The number of hydrogen-bond acceptors (Lipinski definition) is 3. The Morgan fingerprint density at radius 2 is 1.96 bits per heavy atom. The largest absolute Gasteiger partial charge is 0.355 e. The number of nitrogens with zero attached hydrogens (tertiary/aromatic N) is 3. The van der Waals surface area contributed by atoms with Gasteiger partial charge >= 0.3 is 0 Å². The molecule has 2 rings (SSSR count). The van der Waals surface area contributed by atoms with Crippen molar-refractivity contribution < 1.29 is 0 Å². The van der Waals surface area contributed by atoms with E-state index in [-0.39, 0.29) is 0 Å². The van der Waals surface area contributed by atoms with Gasteiger partial charge in [0, 0.05) is 44.8 Å². The van der Waals surface area contributed by atoms with Crippen LogP contribution in [-0.2, 0) is 6.54 Å². The Hall–Kier alpha value is -1.59. The maximum atomic E-state index is 4.44. The first-order valence-electron chi connectivity index (χ1n) is 10.6. The SMILES string of the molecule is CCN(CC)C(C)CNC(=NC)NC1CCN(Cc2ccccc2)C(C)C1. The van der Waals surface area contributed by atoms with E-state index in [9.17, 15) is 0 Å². The summed E-state index contributed by atoms with van der Waals surface area (Å²) in [5.41, 5.74) is 1.40. The smallest absolute Gasteiger partial charge is 0.191 e. The molecule has 3 unspecified atom stereocenters.